The summed E-state index contributed by atoms with van der Waals surface area (Å²) >= 11 is 0. The second-order valence-electron chi connectivity index (χ2n) is 5.87. The number of aliphatic hydroxyl groups excluding tert-OH is 1. The number of hydrogen-bond acceptors (Lipinski definition) is 3. The fourth-order valence-corrected chi connectivity index (χ4v) is 3.36. The van der Waals surface area contributed by atoms with E-state index in [1.807, 2.05) is 6.07 Å². The van der Waals surface area contributed by atoms with Crippen molar-refractivity contribution >= 4 is 5.69 Å². The summed E-state index contributed by atoms with van der Waals surface area (Å²) < 4.78 is 0. The maximum absolute atomic E-state index is 9.63. The molecule has 2 N–H and O–H groups in total. The average molecular weight is 276 g/mol. The molecule has 1 aliphatic rings. The van der Waals surface area contributed by atoms with Gasteiger partial charge >= 0.3 is 0 Å². The van der Waals surface area contributed by atoms with Crippen molar-refractivity contribution in [1.82, 2.24) is 4.90 Å². The van der Waals surface area contributed by atoms with E-state index in [0.717, 1.165) is 32.5 Å². The van der Waals surface area contributed by atoms with E-state index in [4.69, 9.17) is 0 Å². The molecule has 0 spiro atoms. The molecule has 112 valence electrons. The van der Waals surface area contributed by atoms with Crippen molar-refractivity contribution in [2.24, 2.45) is 11.8 Å². The molecule has 1 aromatic rings. The Morgan fingerprint density at radius 3 is 2.35 bits per heavy atom. The van der Waals surface area contributed by atoms with E-state index in [-0.39, 0.29) is 0 Å². The quantitative estimate of drug-likeness (QED) is 0.804. The number of anilines is 1. The Bertz CT molecular complexity index is 378. The molecule has 3 heteroatoms. The minimum atomic E-state index is 0.318. The summed E-state index contributed by atoms with van der Waals surface area (Å²) in [4.78, 5) is 2.47. The van der Waals surface area contributed by atoms with Crippen LogP contribution in [0, 0.1) is 11.8 Å². The molecule has 2 rings (SSSR count). The lowest BCUT2D eigenvalue weighted by molar-refractivity contribution is 0.158. The summed E-state index contributed by atoms with van der Waals surface area (Å²) in [5.74, 6) is 1.05. The highest BCUT2D eigenvalue weighted by Crippen LogP contribution is 2.34. The van der Waals surface area contributed by atoms with Crippen molar-refractivity contribution in [3.8, 4) is 0 Å². The van der Waals surface area contributed by atoms with E-state index < -0.39 is 0 Å². The highest BCUT2D eigenvalue weighted by molar-refractivity contribution is 5.43. The fourth-order valence-electron chi connectivity index (χ4n) is 3.36. The van der Waals surface area contributed by atoms with E-state index >= 15 is 0 Å². The highest BCUT2D eigenvalue weighted by atomic mass is 16.3. The third-order valence-corrected chi connectivity index (χ3v) is 4.61. The lowest BCUT2D eigenvalue weighted by Gasteiger charge is -2.25. The number of para-hydroxylation sites is 1. The van der Waals surface area contributed by atoms with E-state index in [1.165, 1.54) is 5.69 Å². The van der Waals surface area contributed by atoms with E-state index in [0.29, 0.717) is 24.5 Å². The molecule has 0 heterocycles. The van der Waals surface area contributed by atoms with Gasteiger partial charge in [0.1, 0.15) is 0 Å². The van der Waals surface area contributed by atoms with Gasteiger partial charge in [0.2, 0.25) is 0 Å². The molecule has 1 aliphatic carbocycles. The van der Waals surface area contributed by atoms with Crippen LogP contribution in [0.2, 0.25) is 0 Å². The molecule has 0 bridgehead atoms. The number of benzene rings is 1. The Hall–Kier alpha value is -1.06. The molecule has 0 radical (unpaired) electrons. The monoisotopic (exact) mass is 276 g/mol. The Balaban J connectivity index is 1.91. The molecule has 0 saturated heterocycles. The van der Waals surface area contributed by atoms with Crippen LogP contribution >= 0.6 is 0 Å². The van der Waals surface area contributed by atoms with Gasteiger partial charge in [-0.1, -0.05) is 32.0 Å². The Kier molecular flexibility index (Phi) is 5.86. The first kappa shape index (κ1) is 15.3. The summed E-state index contributed by atoms with van der Waals surface area (Å²) in [6, 6.07) is 10.9. The second-order valence-corrected chi connectivity index (χ2v) is 5.87. The summed E-state index contributed by atoms with van der Waals surface area (Å²) in [7, 11) is 0. The lowest BCUT2D eigenvalue weighted by atomic mass is 9.96. The van der Waals surface area contributed by atoms with Gasteiger partial charge in [-0.2, -0.15) is 0 Å². The zero-order valence-electron chi connectivity index (χ0n) is 12.8. The fraction of sp³-hybridized carbons (Fsp3) is 0.647. The van der Waals surface area contributed by atoms with E-state index in [9.17, 15) is 5.11 Å². The molecule has 20 heavy (non-hydrogen) atoms. The highest BCUT2D eigenvalue weighted by Gasteiger charge is 2.34. The van der Waals surface area contributed by atoms with Gasteiger partial charge < -0.3 is 15.3 Å². The number of rotatable bonds is 7. The van der Waals surface area contributed by atoms with Crippen molar-refractivity contribution in [1.29, 1.82) is 0 Å². The molecular formula is C17H28N2O. The maximum Gasteiger partial charge on any atom is 0.0463 e. The molecule has 0 aromatic heterocycles. The number of nitrogens with one attached hydrogen (secondary N) is 1. The first-order valence-electron chi connectivity index (χ1n) is 7.91. The minimum Gasteiger partial charge on any atom is -0.396 e. The predicted octanol–water partition coefficient (Wildman–Crippen LogP) is 2.83. The van der Waals surface area contributed by atoms with Gasteiger partial charge in [-0.05, 0) is 49.9 Å². The van der Waals surface area contributed by atoms with Crippen molar-refractivity contribution in [2.45, 2.75) is 32.7 Å². The summed E-state index contributed by atoms with van der Waals surface area (Å²) in [6.45, 7) is 8.06. The first-order chi connectivity index (χ1) is 9.76. The number of nitrogens with zero attached hydrogens (tertiary/aromatic N) is 1. The molecule has 3 unspecified atom stereocenters. The van der Waals surface area contributed by atoms with Crippen LogP contribution in [0.25, 0.3) is 0 Å². The summed E-state index contributed by atoms with van der Waals surface area (Å²) in [5, 5.41) is 13.2. The third kappa shape index (κ3) is 3.97. The van der Waals surface area contributed by atoms with E-state index in [1.54, 1.807) is 0 Å². The Morgan fingerprint density at radius 2 is 1.75 bits per heavy atom. The molecule has 1 saturated carbocycles. The van der Waals surface area contributed by atoms with Crippen LogP contribution in [0.1, 0.15) is 26.7 Å². The van der Waals surface area contributed by atoms with E-state index in [2.05, 4.69) is 48.3 Å². The normalized spacial score (nSPS) is 26.1. The minimum absolute atomic E-state index is 0.318. The molecule has 1 fully saturated rings. The summed E-state index contributed by atoms with van der Waals surface area (Å²) in [5.41, 5.74) is 1.19. The Morgan fingerprint density at radius 1 is 1.10 bits per heavy atom. The third-order valence-electron chi connectivity index (χ3n) is 4.61. The number of hydrogen-bond donors (Lipinski definition) is 2. The Labute approximate surface area is 123 Å². The average Bonchev–Trinajstić information content (AvgIpc) is 2.87. The van der Waals surface area contributed by atoms with Crippen LogP contribution in [0.4, 0.5) is 5.69 Å². The van der Waals surface area contributed by atoms with Gasteiger partial charge in [-0.25, -0.2) is 0 Å². The second kappa shape index (κ2) is 7.65. The standard InChI is InChI=1S/C17H28N2O/c1-3-19(4-2)12-14-10-17(11-15(14)13-20)18-16-8-6-5-7-9-16/h5-9,14-15,17-18,20H,3-4,10-13H2,1-2H3. The zero-order valence-corrected chi connectivity index (χ0v) is 12.8. The summed E-state index contributed by atoms with van der Waals surface area (Å²) in [6.07, 6.45) is 2.24. The van der Waals surface area contributed by atoms with Crippen molar-refractivity contribution in [3.63, 3.8) is 0 Å². The largest absolute Gasteiger partial charge is 0.396 e. The van der Waals surface area contributed by atoms with Crippen LogP contribution in [-0.2, 0) is 0 Å². The number of aliphatic hydroxyl groups is 1. The topological polar surface area (TPSA) is 35.5 Å². The SMILES string of the molecule is CCN(CC)CC1CC(Nc2ccccc2)CC1CO. The molecule has 0 amide bonds. The van der Waals surface area contributed by atoms with Gasteiger partial charge in [-0.15, -0.1) is 0 Å². The van der Waals surface area contributed by atoms with Crippen molar-refractivity contribution in [2.75, 3.05) is 31.6 Å². The van der Waals surface area contributed by atoms with Crippen LogP contribution in [0.5, 0.6) is 0 Å². The van der Waals surface area contributed by atoms with Gasteiger partial charge in [-0.3, -0.25) is 0 Å². The molecule has 0 aliphatic heterocycles. The maximum atomic E-state index is 9.63. The molecule has 3 atom stereocenters. The lowest BCUT2D eigenvalue weighted by Crippen LogP contribution is -2.31. The molecule has 3 nitrogen and oxygen atoms in total. The zero-order chi connectivity index (χ0) is 14.4. The van der Waals surface area contributed by atoms with Gasteiger partial charge in [0.05, 0.1) is 0 Å². The smallest absolute Gasteiger partial charge is 0.0463 e. The van der Waals surface area contributed by atoms with Crippen LogP contribution in [-0.4, -0.2) is 42.3 Å². The van der Waals surface area contributed by atoms with Crippen molar-refractivity contribution < 1.29 is 5.11 Å². The van der Waals surface area contributed by atoms with Gasteiger partial charge in [0.15, 0.2) is 0 Å². The van der Waals surface area contributed by atoms with Gasteiger partial charge in [0.25, 0.3) is 0 Å². The van der Waals surface area contributed by atoms with Crippen LogP contribution < -0.4 is 5.32 Å². The van der Waals surface area contributed by atoms with Crippen molar-refractivity contribution in [3.05, 3.63) is 30.3 Å². The predicted molar refractivity (Wildman–Crippen MR) is 84.9 cm³/mol. The van der Waals surface area contributed by atoms with Crippen LogP contribution in [0.3, 0.4) is 0 Å². The molecular weight excluding hydrogens is 248 g/mol. The van der Waals surface area contributed by atoms with Gasteiger partial charge in [0, 0.05) is 24.9 Å². The molecule has 1 aromatic carbocycles. The first-order valence-corrected chi connectivity index (χ1v) is 7.91. The van der Waals surface area contributed by atoms with Crippen LogP contribution in [0.15, 0.2) is 30.3 Å².